The lowest BCUT2D eigenvalue weighted by Gasteiger charge is -2.08. The zero-order valence-corrected chi connectivity index (χ0v) is 15.8. The molecule has 0 atom stereocenters. The van der Waals surface area contributed by atoms with Gasteiger partial charge in [-0.1, -0.05) is 12.1 Å². The summed E-state index contributed by atoms with van der Waals surface area (Å²) in [6.45, 7) is 2.59. The molecule has 0 aliphatic heterocycles. The normalized spacial score (nSPS) is 11.6. The van der Waals surface area contributed by atoms with Crippen molar-refractivity contribution in [1.29, 1.82) is 0 Å². The lowest BCUT2D eigenvalue weighted by atomic mass is 10.2. The number of hydrogen-bond donors (Lipinski definition) is 2. The maximum atomic E-state index is 12.5. The summed E-state index contributed by atoms with van der Waals surface area (Å²) in [4.78, 5) is 19.5. The first-order chi connectivity index (χ1) is 14.3. The number of benzene rings is 2. The van der Waals surface area contributed by atoms with Crippen LogP contribution >= 0.6 is 0 Å². The number of aryl methyl sites for hydroxylation is 1. The van der Waals surface area contributed by atoms with Crippen LogP contribution in [-0.2, 0) is 6.54 Å². The Morgan fingerprint density at radius 2 is 1.93 bits per heavy atom. The molecule has 0 spiro atoms. The number of carbonyl (C=O) groups is 1. The number of H-pyrrole nitrogens is 1. The molecule has 4 aromatic rings. The number of anilines is 1. The van der Waals surface area contributed by atoms with E-state index in [0.717, 1.165) is 11.4 Å². The summed E-state index contributed by atoms with van der Waals surface area (Å²) in [6.07, 6.45) is -1.14. The van der Waals surface area contributed by atoms with E-state index in [9.17, 15) is 18.0 Å². The minimum Gasteiger partial charge on any atom is -0.406 e. The summed E-state index contributed by atoms with van der Waals surface area (Å²) in [5.74, 6) is 0.158. The lowest BCUT2D eigenvalue weighted by molar-refractivity contribution is -0.274. The Labute approximate surface area is 169 Å². The van der Waals surface area contributed by atoms with Crippen molar-refractivity contribution in [2.24, 2.45) is 0 Å². The van der Waals surface area contributed by atoms with E-state index in [1.165, 1.54) is 18.2 Å². The predicted octanol–water partition coefficient (Wildman–Crippen LogP) is 4.87. The van der Waals surface area contributed by atoms with Gasteiger partial charge < -0.3 is 19.6 Å². The highest BCUT2D eigenvalue weighted by molar-refractivity contribution is 6.06. The van der Waals surface area contributed by atoms with E-state index in [0.29, 0.717) is 23.1 Å². The Hall–Kier alpha value is -3.75. The molecular weight excluding hydrogens is 397 g/mol. The fraction of sp³-hybridized carbons (Fsp3) is 0.143. The van der Waals surface area contributed by atoms with Gasteiger partial charge in [0.2, 0.25) is 0 Å². The molecule has 2 heterocycles. The van der Waals surface area contributed by atoms with Crippen LogP contribution in [-0.4, -0.2) is 26.8 Å². The minimum absolute atomic E-state index is 0.229. The smallest absolute Gasteiger partial charge is 0.406 e. The molecule has 0 unspecified atom stereocenters. The van der Waals surface area contributed by atoms with Crippen LogP contribution < -0.4 is 10.1 Å². The number of carbonyl (C=O) groups excluding carboxylic acids is 1. The Kier molecular flexibility index (Phi) is 4.94. The standard InChI is InChI=1S/C21H17F3N4O2/c1-13-25-8-9-28(13)12-14-2-5-16(6-3-14)26-20(29)19-10-15-4-7-17(11-18(15)27-19)30-21(22,23)24/h2-11,27H,12H2,1H3,(H,26,29). The van der Waals surface area contributed by atoms with Crippen LogP contribution in [0.3, 0.4) is 0 Å². The van der Waals surface area contributed by atoms with Gasteiger partial charge >= 0.3 is 6.36 Å². The van der Waals surface area contributed by atoms with Crippen molar-refractivity contribution in [3.63, 3.8) is 0 Å². The number of rotatable bonds is 5. The van der Waals surface area contributed by atoms with Gasteiger partial charge in [-0.2, -0.15) is 0 Å². The molecule has 0 bridgehead atoms. The second-order valence-electron chi connectivity index (χ2n) is 6.73. The average Bonchev–Trinajstić information content (AvgIpc) is 3.28. The highest BCUT2D eigenvalue weighted by Gasteiger charge is 2.31. The van der Waals surface area contributed by atoms with Gasteiger partial charge in [0.1, 0.15) is 17.3 Å². The fourth-order valence-electron chi connectivity index (χ4n) is 3.09. The highest BCUT2D eigenvalue weighted by Crippen LogP contribution is 2.27. The number of hydrogen-bond acceptors (Lipinski definition) is 3. The Balaban J connectivity index is 1.45. The quantitative estimate of drug-likeness (QED) is 0.489. The first-order valence-electron chi connectivity index (χ1n) is 9.03. The SMILES string of the molecule is Cc1nccn1Cc1ccc(NC(=O)c2cc3ccc(OC(F)(F)F)cc3[nH]2)cc1. The van der Waals surface area contributed by atoms with E-state index in [4.69, 9.17) is 0 Å². The monoisotopic (exact) mass is 414 g/mol. The van der Waals surface area contributed by atoms with Gasteiger partial charge in [-0.15, -0.1) is 13.2 Å². The summed E-state index contributed by atoms with van der Waals surface area (Å²) in [5, 5.41) is 3.37. The van der Waals surface area contributed by atoms with Crippen molar-refractivity contribution in [2.45, 2.75) is 19.8 Å². The van der Waals surface area contributed by atoms with Gasteiger partial charge in [-0.3, -0.25) is 4.79 Å². The third-order valence-corrected chi connectivity index (χ3v) is 4.56. The molecule has 0 aliphatic rings. The Morgan fingerprint density at radius 1 is 1.17 bits per heavy atom. The van der Waals surface area contributed by atoms with Gasteiger partial charge in [0.15, 0.2) is 0 Å². The summed E-state index contributed by atoms with van der Waals surface area (Å²) in [7, 11) is 0. The van der Waals surface area contributed by atoms with Crippen LogP contribution in [0.25, 0.3) is 10.9 Å². The first kappa shape index (κ1) is 19.6. The van der Waals surface area contributed by atoms with Crippen molar-refractivity contribution in [2.75, 3.05) is 5.32 Å². The van der Waals surface area contributed by atoms with E-state index < -0.39 is 12.3 Å². The predicted molar refractivity (Wildman–Crippen MR) is 105 cm³/mol. The van der Waals surface area contributed by atoms with Gasteiger partial charge in [0.25, 0.3) is 5.91 Å². The molecule has 6 nitrogen and oxygen atoms in total. The number of halogens is 3. The summed E-state index contributed by atoms with van der Waals surface area (Å²) in [6, 6.07) is 12.8. The van der Waals surface area contributed by atoms with E-state index in [2.05, 4.69) is 20.0 Å². The molecule has 2 aromatic carbocycles. The van der Waals surface area contributed by atoms with Crippen LogP contribution in [0.4, 0.5) is 18.9 Å². The van der Waals surface area contributed by atoms with E-state index in [1.807, 2.05) is 29.8 Å². The fourth-order valence-corrected chi connectivity index (χ4v) is 3.09. The number of nitrogens with zero attached hydrogens (tertiary/aromatic N) is 2. The first-order valence-corrected chi connectivity index (χ1v) is 9.03. The zero-order chi connectivity index (χ0) is 21.3. The molecule has 154 valence electrons. The molecule has 0 aliphatic carbocycles. The van der Waals surface area contributed by atoms with Crippen LogP contribution in [0.1, 0.15) is 21.9 Å². The molecule has 9 heteroatoms. The second-order valence-corrected chi connectivity index (χ2v) is 6.73. The molecular formula is C21H17F3N4O2. The number of aromatic amines is 1. The molecule has 30 heavy (non-hydrogen) atoms. The van der Waals surface area contributed by atoms with Crippen LogP contribution in [0.5, 0.6) is 5.75 Å². The number of ether oxygens (including phenoxy) is 1. The number of aromatic nitrogens is 3. The molecule has 0 fully saturated rings. The van der Waals surface area contributed by atoms with Crippen molar-refractivity contribution < 1.29 is 22.7 Å². The molecule has 2 aromatic heterocycles. The maximum absolute atomic E-state index is 12.5. The summed E-state index contributed by atoms with van der Waals surface area (Å²) in [5.41, 5.74) is 2.25. The van der Waals surface area contributed by atoms with Gasteiger partial charge in [-0.05, 0) is 42.8 Å². The van der Waals surface area contributed by atoms with Crippen LogP contribution in [0.2, 0.25) is 0 Å². The van der Waals surface area contributed by atoms with E-state index in [-0.39, 0.29) is 11.4 Å². The zero-order valence-electron chi connectivity index (χ0n) is 15.8. The number of alkyl halides is 3. The maximum Gasteiger partial charge on any atom is 0.573 e. The third-order valence-electron chi connectivity index (χ3n) is 4.56. The topological polar surface area (TPSA) is 71.9 Å². The van der Waals surface area contributed by atoms with Crippen molar-refractivity contribution >= 4 is 22.5 Å². The van der Waals surface area contributed by atoms with Crippen LogP contribution in [0, 0.1) is 6.92 Å². The average molecular weight is 414 g/mol. The van der Waals surface area contributed by atoms with Crippen molar-refractivity contribution in [3.05, 3.63) is 78.0 Å². The molecule has 1 amide bonds. The minimum atomic E-state index is -4.77. The number of imidazole rings is 1. The lowest BCUT2D eigenvalue weighted by Crippen LogP contribution is -2.16. The molecule has 0 saturated heterocycles. The van der Waals surface area contributed by atoms with Crippen molar-refractivity contribution in [1.82, 2.24) is 14.5 Å². The van der Waals surface area contributed by atoms with Crippen molar-refractivity contribution in [3.8, 4) is 5.75 Å². The summed E-state index contributed by atoms with van der Waals surface area (Å²) < 4.78 is 43.0. The Morgan fingerprint density at radius 3 is 2.60 bits per heavy atom. The van der Waals surface area contributed by atoms with Crippen LogP contribution in [0.15, 0.2) is 60.9 Å². The van der Waals surface area contributed by atoms with E-state index in [1.54, 1.807) is 24.4 Å². The highest BCUT2D eigenvalue weighted by atomic mass is 19.4. The molecule has 4 rings (SSSR count). The van der Waals surface area contributed by atoms with E-state index >= 15 is 0 Å². The number of fused-ring (bicyclic) bond motifs is 1. The largest absolute Gasteiger partial charge is 0.573 e. The third kappa shape index (κ3) is 4.45. The molecule has 0 saturated carbocycles. The number of amides is 1. The van der Waals surface area contributed by atoms with Gasteiger partial charge in [0, 0.05) is 41.6 Å². The summed E-state index contributed by atoms with van der Waals surface area (Å²) >= 11 is 0. The Bertz CT molecular complexity index is 1190. The number of nitrogens with one attached hydrogen (secondary N) is 2. The second kappa shape index (κ2) is 7.58. The van der Waals surface area contributed by atoms with Gasteiger partial charge in [0.05, 0.1) is 0 Å². The molecule has 2 N–H and O–H groups in total. The van der Waals surface area contributed by atoms with Gasteiger partial charge in [-0.25, -0.2) is 4.98 Å². The molecule has 0 radical (unpaired) electrons.